The van der Waals surface area contributed by atoms with E-state index in [-0.39, 0.29) is 5.41 Å². The van der Waals surface area contributed by atoms with Gasteiger partial charge in [-0.3, -0.25) is 0 Å². The van der Waals surface area contributed by atoms with Gasteiger partial charge in [0.15, 0.2) is 0 Å². The van der Waals surface area contributed by atoms with Gasteiger partial charge in [0.1, 0.15) is 0 Å². The van der Waals surface area contributed by atoms with E-state index in [0.717, 1.165) is 12.2 Å². The number of anilines is 1. The van der Waals surface area contributed by atoms with Crippen LogP contribution in [0, 0.1) is 5.41 Å². The number of hydrogen-bond donors (Lipinski definition) is 3. The van der Waals surface area contributed by atoms with E-state index in [2.05, 4.69) is 24.1 Å². The molecule has 0 atom stereocenters. The third kappa shape index (κ3) is 2.58. The van der Waals surface area contributed by atoms with E-state index in [1.165, 1.54) is 0 Å². The standard InChI is InChI=1S/C9H17N3/c1-9(2,6-10)7-12-8-3-4-11-5-8/h3-5,11-12H,6-7,10H2,1-2H3. The zero-order valence-electron chi connectivity index (χ0n) is 7.72. The predicted octanol–water partition coefficient (Wildman–Crippen LogP) is 1.41. The van der Waals surface area contributed by atoms with Gasteiger partial charge in [-0.25, -0.2) is 0 Å². The second kappa shape index (κ2) is 3.63. The Kier molecular flexibility index (Phi) is 2.76. The van der Waals surface area contributed by atoms with Gasteiger partial charge in [-0.05, 0) is 18.0 Å². The molecule has 0 aromatic carbocycles. The van der Waals surface area contributed by atoms with Gasteiger partial charge in [-0.2, -0.15) is 0 Å². The summed E-state index contributed by atoms with van der Waals surface area (Å²) in [6.45, 7) is 5.89. The van der Waals surface area contributed by atoms with Gasteiger partial charge >= 0.3 is 0 Å². The third-order valence-corrected chi connectivity index (χ3v) is 1.92. The van der Waals surface area contributed by atoms with Crippen molar-refractivity contribution in [2.24, 2.45) is 11.1 Å². The molecule has 1 rings (SSSR count). The summed E-state index contributed by atoms with van der Waals surface area (Å²) in [5.41, 5.74) is 6.88. The minimum absolute atomic E-state index is 0.164. The molecule has 0 saturated heterocycles. The molecule has 0 spiro atoms. The first kappa shape index (κ1) is 9.13. The smallest absolute Gasteiger partial charge is 0.0517 e. The van der Waals surface area contributed by atoms with Gasteiger partial charge in [0.25, 0.3) is 0 Å². The summed E-state index contributed by atoms with van der Waals surface area (Å²) in [5, 5.41) is 3.30. The molecule has 3 heteroatoms. The van der Waals surface area contributed by atoms with Crippen LogP contribution in [0.2, 0.25) is 0 Å². The molecule has 0 fully saturated rings. The molecule has 0 amide bonds. The van der Waals surface area contributed by atoms with Crippen molar-refractivity contribution in [3.05, 3.63) is 18.5 Å². The van der Waals surface area contributed by atoms with Crippen molar-refractivity contribution in [1.82, 2.24) is 4.98 Å². The monoisotopic (exact) mass is 167 g/mol. The van der Waals surface area contributed by atoms with E-state index in [1.54, 1.807) is 0 Å². The Bertz CT molecular complexity index is 214. The van der Waals surface area contributed by atoms with Crippen LogP contribution in [0.3, 0.4) is 0 Å². The normalized spacial score (nSPS) is 11.6. The SMILES string of the molecule is CC(C)(CN)CNc1cc[nH]c1. The maximum atomic E-state index is 5.60. The Labute approximate surface area is 73.4 Å². The number of nitrogens with two attached hydrogens (primary N) is 1. The third-order valence-electron chi connectivity index (χ3n) is 1.92. The van der Waals surface area contributed by atoms with Crippen molar-refractivity contribution < 1.29 is 0 Å². The first-order valence-corrected chi connectivity index (χ1v) is 4.21. The van der Waals surface area contributed by atoms with Crippen LogP contribution in [-0.2, 0) is 0 Å². The van der Waals surface area contributed by atoms with E-state index in [0.29, 0.717) is 6.54 Å². The lowest BCUT2D eigenvalue weighted by Crippen LogP contribution is -2.31. The molecular weight excluding hydrogens is 150 g/mol. The molecule has 68 valence electrons. The molecule has 4 N–H and O–H groups in total. The molecule has 0 bridgehead atoms. The highest BCUT2D eigenvalue weighted by Crippen LogP contribution is 2.14. The van der Waals surface area contributed by atoms with E-state index < -0.39 is 0 Å². The molecule has 0 aliphatic carbocycles. The summed E-state index contributed by atoms with van der Waals surface area (Å²) >= 11 is 0. The highest BCUT2D eigenvalue weighted by atomic mass is 14.9. The first-order chi connectivity index (χ1) is 5.64. The number of rotatable bonds is 4. The minimum Gasteiger partial charge on any atom is -0.383 e. The fraction of sp³-hybridized carbons (Fsp3) is 0.556. The van der Waals surface area contributed by atoms with E-state index in [4.69, 9.17) is 5.73 Å². The summed E-state index contributed by atoms with van der Waals surface area (Å²) in [7, 11) is 0. The maximum Gasteiger partial charge on any atom is 0.0517 e. The largest absolute Gasteiger partial charge is 0.383 e. The van der Waals surface area contributed by atoms with Crippen LogP contribution in [0.1, 0.15) is 13.8 Å². The summed E-state index contributed by atoms with van der Waals surface area (Å²) in [5.74, 6) is 0. The van der Waals surface area contributed by atoms with Gasteiger partial charge < -0.3 is 16.0 Å². The zero-order valence-corrected chi connectivity index (χ0v) is 7.72. The lowest BCUT2D eigenvalue weighted by molar-refractivity contribution is 0.406. The summed E-state index contributed by atoms with van der Waals surface area (Å²) < 4.78 is 0. The van der Waals surface area contributed by atoms with E-state index in [9.17, 15) is 0 Å². The Balaban J connectivity index is 2.36. The Hall–Kier alpha value is -0.960. The fourth-order valence-electron chi connectivity index (χ4n) is 0.847. The zero-order chi connectivity index (χ0) is 9.03. The molecule has 1 aromatic heterocycles. The van der Waals surface area contributed by atoms with Crippen molar-refractivity contribution in [3.63, 3.8) is 0 Å². The van der Waals surface area contributed by atoms with Crippen LogP contribution in [-0.4, -0.2) is 18.1 Å². The fourth-order valence-corrected chi connectivity index (χ4v) is 0.847. The average molecular weight is 167 g/mol. The molecule has 1 heterocycles. The molecule has 0 aliphatic heterocycles. The van der Waals surface area contributed by atoms with Crippen LogP contribution >= 0.6 is 0 Å². The number of nitrogens with one attached hydrogen (secondary N) is 2. The molecule has 1 aromatic rings. The molecule has 0 aliphatic rings. The van der Waals surface area contributed by atoms with Crippen molar-refractivity contribution in [3.8, 4) is 0 Å². The van der Waals surface area contributed by atoms with Crippen molar-refractivity contribution in [2.75, 3.05) is 18.4 Å². The quantitative estimate of drug-likeness (QED) is 0.635. The lowest BCUT2D eigenvalue weighted by atomic mass is 9.94. The summed E-state index contributed by atoms with van der Waals surface area (Å²) in [6, 6.07) is 2.01. The summed E-state index contributed by atoms with van der Waals surface area (Å²) in [4.78, 5) is 2.99. The molecule has 0 radical (unpaired) electrons. The van der Waals surface area contributed by atoms with Crippen LogP contribution in [0.5, 0.6) is 0 Å². The average Bonchev–Trinajstić information content (AvgIpc) is 2.53. The Morgan fingerprint density at radius 3 is 2.83 bits per heavy atom. The van der Waals surface area contributed by atoms with Gasteiger partial charge in [0.05, 0.1) is 5.69 Å². The second-order valence-corrected chi connectivity index (χ2v) is 3.82. The second-order valence-electron chi connectivity index (χ2n) is 3.82. The van der Waals surface area contributed by atoms with Gasteiger partial charge in [0.2, 0.25) is 0 Å². The Morgan fingerprint density at radius 1 is 1.58 bits per heavy atom. The molecule has 3 nitrogen and oxygen atoms in total. The predicted molar refractivity (Wildman–Crippen MR) is 52.1 cm³/mol. The first-order valence-electron chi connectivity index (χ1n) is 4.21. The van der Waals surface area contributed by atoms with Crippen LogP contribution in [0.4, 0.5) is 5.69 Å². The van der Waals surface area contributed by atoms with Crippen LogP contribution in [0.15, 0.2) is 18.5 Å². The maximum absolute atomic E-state index is 5.60. The highest BCUT2D eigenvalue weighted by molar-refractivity contribution is 5.40. The minimum atomic E-state index is 0.164. The van der Waals surface area contributed by atoms with Gasteiger partial charge in [0, 0.05) is 18.9 Å². The molecule has 0 unspecified atom stereocenters. The number of aromatic amines is 1. The molecular formula is C9H17N3. The molecule has 0 saturated carbocycles. The summed E-state index contributed by atoms with van der Waals surface area (Å²) in [6.07, 6.45) is 3.84. The Morgan fingerprint density at radius 2 is 2.33 bits per heavy atom. The van der Waals surface area contributed by atoms with E-state index >= 15 is 0 Å². The highest BCUT2D eigenvalue weighted by Gasteiger charge is 2.14. The van der Waals surface area contributed by atoms with Crippen molar-refractivity contribution in [1.29, 1.82) is 0 Å². The number of hydrogen-bond acceptors (Lipinski definition) is 2. The number of H-pyrrole nitrogens is 1. The van der Waals surface area contributed by atoms with Crippen LogP contribution < -0.4 is 11.1 Å². The van der Waals surface area contributed by atoms with Crippen molar-refractivity contribution in [2.45, 2.75) is 13.8 Å². The topological polar surface area (TPSA) is 53.8 Å². The van der Waals surface area contributed by atoms with E-state index in [1.807, 2.05) is 18.5 Å². The number of aromatic nitrogens is 1. The van der Waals surface area contributed by atoms with Gasteiger partial charge in [-0.1, -0.05) is 13.8 Å². The van der Waals surface area contributed by atoms with Gasteiger partial charge in [-0.15, -0.1) is 0 Å². The van der Waals surface area contributed by atoms with Crippen molar-refractivity contribution >= 4 is 5.69 Å². The lowest BCUT2D eigenvalue weighted by Gasteiger charge is -2.22. The van der Waals surface area contributed by atoms with Crippen LogP contribution in [0.25, 0.3) is 0 Å². The molecule has 12 heavy (non-hydrogen) atoms.